The number of aliphatic hydroxyl groups excluding tert-OH is 1. The van der Waals surface area contributed by atoms with Gasteiger partial charge in [-0.05, 0) is 11.6 Å². The van der Waals surface area contributed by atoms with Crippen LogP contribution in [0.5, 0.6) is 5.75 Å². The van der Waals surface area contributed by atoms with Crippen LogP contribution >= 0.6 is 0 Å². The molecule has 2 rings (SSSR count). The van der Waals surface area contributed by atoms with E-state index in [1.54, 1.807) is 7.11 Å². The maximum Gasteiger partial charge on any atom is 0.125 e. The highest BCUT2D eigenvalue weighted by molar-refractivity contribution is 5.40. The molecule has 2 aromatic rings. The fourth-order valence-electron chi connectivity index (χ4n) is 2.05. The summed E-state index contributed by atoms with van der Waals surface area (Å²) in [6.45, 7) is 0.288. The lowest BCUT2D eigenvalue weighted by molar-refractivity contribution is 0.0489. The van der Waals surface area contributed by atoms with E-state index in [1.165, 1.54) is 0 Å². The molecule has 0 spiro atoms. The maximum absolute atomic E-state index is 8.98. The molecule has 1 unspecified atom stereocenters. The molecule has 0 amide bonds. The van der Waals surface area contributed by atoms with Gasteiger partial charge in [0.05, 0.1) is 20.3 Å². The normalized spacial score (nSPS) is 12.1. The van der Waals surface area contributed by atoms with Crippen LogP contribution in [-0.2, 0) is 4.74 Å². The number of methoxy groups -OCH3 is 1. The third-order valence-electron chi connectivity index (χ3n) is 2.90. The predicted molar refractivity (Wildman–Crippen MR) is 74.3 cm³/mol. The number of hydrogen-bond acceptors (Lipinski definition) is 3. The van der Waals surface area contributed by atoms with E-state index in [-0.39, 0.29) is 19.3 Å². The average Bonchev–Trinajstić information content (AvgIpc) is 2.49. The summed E-state index contributed by atoms with van der Waals surface area (Å²) in [5, 5.41) is 8.98. The second kappa shape index (κ2) is 6.92. The fourth-order valence-corrected chi connectivity index (χ4v) is 2.05. The Labute approximate surface area is 113 Å². The molecular weight excluding hydrogens is 240 g/mol. The summed E-state index contributed by atoms with van der Waals surface area (Å²) < 4.78 is 11.2. The SMILES string of the molecule is COc1ccccc1C(OCCO)c1ccccc1. The quantitative estimate of drug-likeness (QED) is 0.866. The largest absolute Gasteiger partial charge is 0.496 e. The number of hydrogen-bond donors (Lipinski definition) is 1. The summed E-state index contributed by atoms with van der Waals surface area (Å²) in [4.78, 5) is 0. The third kappa shape index (κ3) is 3.34. The van der Waals surface area contributed by atoms with Gasteiger partial charge in [-0.15, -0.1) is 0 Å². The van der Waals surface area contributed by atoms with Crippen molar-refractivity contribution in [1.29, 1.82) is 0 Å². The highest BCUT2D eigenvalue weighted by Gasteiger charge is 2.18. The topological polar surface area (TPSA) is 38.7 Å². The van der Waals surface area contributed by atoms with E-state index in [1.807, 2.05) is 54.6 Å². The van der Waals surface area contributed by atoms with Gasteiger partial charge in [0.25, 0.3) is 0 Å². The summed E-state index contributed by atoms with van der Waals surface area (Å²) in [6, 6.07) is 17.7. The Kier molecular flexibility index (Phi) is 4.95. The fraction of sp³-hybridized carbons (Fsp3) is 0.250. The van der Waals surface area contributed by atoms with Gasteiger partial charge < -0.3 is 14.6 Å². The van der Waals surface area contributed by atoms with Crippen LogP contribution in [0, 0.1) is 0 Å². The zero-order chi connectivity index (χ0) is 13.5. The minimum atomic E-state index is -0.232. The lowest BCUT2D eigenvalue weighted by Crippen LogP contribution is -2.10. The molecule has 0 bridgehead atoms. The van der Waals surface area contributed by atoms with Crippen molar-refractivity contribution in [3.63, 3.8) is 0 Å². The summed E-state index contributed by atoms with van der Waals surface area (Å²) in [6.07, 6.45) is -0.232. The summed E-state index contributed by atoms with van der Waals surface area (Å²) in [5.74, 6) is 0.786. The van der Waals surface area contributed by atoms with Crippen LogP contribution in [0.3, 0.4) is 0 Å². The van der Waals surface area contributed by atoms with Gasteiger partial charge in [-0.1, -0.05) is 48.5 Å². The van der Waals surface area contributed by atoms with Gasteiger partial charge in [0.1, 0.15) is 11.9 Å². The minimum absolute atomic E-state index is 0.00151. The van der Waals surface area contributed by atoms with Gasteiger partial charge in [0.15, 0.2) is 0 Å². The third-order valence-corrected chi connectivity index (χ3v) is 2.90. The van der Waals surface area contributed by atoms with Crippen LogP contribution in [0.2, 0.25) is 0 Å². The van der Waals surface area contributed by atoms with Crippen LogP contribution < -0.4 is 4.74 Å². The first kappa shape index (κ1) is 13.6. The molecule has 19 heavy (non-hydrogen) atoms. The zero-order valence-electron chi connectivity index (χ0n) is 11.0. The highest BCUT2D eigenvalue weighted by atomic mass is 16.5. The van der Waals surface area contributed by atoms with E-state index in [0.717, 1.165) is 16.9 Å². The van der Waals surface area contributed by atoms with Crippen molar-refractivity contribution in [3.8, 4) is 5.75 Å². The Bertz CT molecular complexity index is 496. The van der Waals surface area contributed by atoms with Crippen LogP contribution in [0.4, 0.5) is 0 Å². The van der Waals surface area contributed by atoms with Gasteiger partial charge in [0, 0.05) is 5.56 Å². The van der Waals surface area contributed by atoms with Crippen LogP contribution in [-0.4, -0.2) is 25.4 Å². The Balaban J connectivity index is 2.37. The van der Waals surface area contributed by atoms with E-state index in [4.69, 9.17) is 14.6 Å². The van der Waals surface area contributed by atoms with Crippen molar-refractivity contribution in [2.24, 2.45) is 0 Å². The first-order chi connectivity index (χ1) is 9.36. The molecule has 3 nitrogen and oxygen atoms in total. The van der Waals surface area contributed by atoms with Crippen molar-refractivity contribution in [1.82, 2.24) is 0 Å². The number of aliphatic hydroxyl groups is 1. The Morgan fingerprint density at radius 1 is 1.00 bits per heavy atom. The second-order valence-corrected chi connectivity index (χ2v) is 4.13. The molecule has 0 saturated carbocycles. The van der Waals surface area contributed by atoms with E-state index >= 15 is 0 Å². The lowest BCUT2D eigenvalue weighted by atomic mass is 10.0. The van der Waals surface area contributed by atoms with Gasteiger partial charge in [-0.3, -0.25) is 0 Å². The molecule has 0 saturated heterocycles. The summed E-state index contributed by atoms with van der Waals surface area (Å²) >= 11 is 0. The Hall–Kier alpha value is -1.84. The molecule has 0 fully saturated rings. The smallest absolute Gasteiger partial charge is 0.125 e. The molecule has 1 atom stereocenters. The Morgan fingerprint density at radius 3 is 2.37 bits per heavy atom. The summed E-state index contributed by atoms with van der Waals surface area (Å²) in [5.41, 5.74) is 2.00. The standard InChI is InChI=1S/C16H18O3/c1-18-15-10-6-5-9-14(15)16(19-12-11-17)13-7-3-2-4-8-13/h2-10,16-17H,11-12H2,1H3. The maximum atomic E-state index is 8.98. The Morgan fingerprint density at radius 2 is 1.68 bits per heavy atom. The van der Waals surface area contributed by atoms with E-state index in [2.05, 4.69) is 0 Å². The molecule has 0 aromatic heterocycles. The molecule has 100 valence electrons. The first-order valence-electron chi connectivity index (χ1n) is 6.27. The first-order valence-corrected chi connectivity index (χ1v) is 6.27. The van der Waals surface area contributed by atoms with Crippen LogP contribution in [0.25, 0.3) is 0 Å². The van der Waals surface area contributed by atoms with Gasteiger partial charge in [0.2, 0.25) is 0 Å². The van der Waals surface area contributed by atoms with E-state index in [0.29, 0.717) is 0 Å². The van der Waals surface area contributed by atoms with Crippen molar-refractivity contribution >= 4 is 0 Å². The van der Waals surface area contributed by atoms with Gasteiger partial charge in [-0.2, -0.15) is 0 Å². The molecule has 1 N–H and O–H groups in total. The van der Waals surface area contributed by atoms with Gasteiger partial charge >= 0.3 is 0 Å². The number of rotatable bonds is 6. The molecule has 0 heterocycles. The molecule has 0 aliphatic heterocycles. The second-order valence-electron chi connectivity index (χ2n) is 4.13. The van der Waals surface area contributed by atoms with Crippen molar-refractivity contribution in [3.05, 3.63) is 65.7 Å². The molecule has 0 radical (unpaired) electrons. The highest BCUT2D eigenvalue weighted by Crippen LogP contribution is 2.32. The minimum Gasteiger partial charge on any atom is -0.496 e. The van der Waals surface area contributed by atoms with E-state index < -0.39 is 0 Å². The van der Waals surface area contributed by atoms with Crippen LogP contribution in [0.15, 0.2) is 54.6 Å². The van der Waals surface area contributed by atoms with Crippen molar-refractivity contribution in [2.45, 2.75) is 6.10 Å². The molecule has 2 aromatic carbocycles. The zero-order valence-corrected chi connectivity index (χ0v) is 11.0. The molecule has 0 aliphatic carbocycles. The predicted octanol–water partition coefficient (Wildman–Crippen LogP) is 2.79. The van der Waals surface area contributed by atoms with Crippen LogP contribution in [0.1, 0.15) is 17.2 Å². The number of benzene rings is 2. The van der Waals surface area contributed by atoms with E-state index in [9.17, 15) is 0 Å². The average molecular weight is 258 g/mol. The molecule has 3 heteroatoms. The lowest BCUT2D eigenvalue weighted by Gasteiger charge is -2.20. The summed E-state index contributed by atoms with van der Waals surface area (Å²) in [7, 11) is 1.65. The van der Waals surface area contributed by atoms with Gasteiger partial charge in [-0.25, -0.2) is 0 Å². The molecule has 0 aliphatic rings. The number of para-hydroxylation sites is 1. The van der Waals surface area contributed by atoms with Crippen molar-refractivity contribution in [2.75, 3.05) is 20.3 Å². The monoisotopic (exact) mass is 258 g/mol. The van der Waals surface area contributed by atoms with Crippen molar-refractivity contribution < 1.29 is 14.6 Å². The molecular formula is C16H18O3. The number of ether oxygens (including phenoxy) is 2.